The molecular weight excluding hydrogens is 274 g/mol. The minimum absolute atomic E-state index is 0.0837. The Balaban J connectivity index is 1.94. The molecule has 1 N–H and O–H groups in total. The number of nitrogens with one attached hydrogen (secondary N) is 1. The van der Waals surface area contributed by atoms with Gasteiger partial charge in [0.25, 0.3) is 5.69 Å². The Morgan fingerprint density at radius 3 is 2.89 bits per heavy atom. The lowest BCUT2D eigenvalue weighted by atomic mass is 10.0. The number of aromatic nitrogens is 1. The van der Waals surface area contributed by atoms with Crippen molar-refractivity contribution in [1.82, 2.24) is 4.98 Å². The van der Waals surface area contributed by atoms with Crippen molar-refractivity contribution >= 4 is 34.9 Å². The fraction of sp³-hybridized carbons (Fsp3) is 0.545. The Morgan fingerprint density at radius 1 is 1.56 bits per heavy atom. The topological polar surface area (TPSA) is 68.1 Å². The van der Waals surface area contributed by atoms with E-state index in [0.29, 0.717) is 16.8 Å². The van der Waals surface area contributed by atoms with Crippen molar-refractivity contribution in [2.24, 2.45) is 5.92 Å². The van der Waals surface area contributed by atoms with Crippen molar-refractivity contribution in [2.45, 2.75) is 12.8 Å². The molecule has 0 radical (unpaired) electrons. The van der Waals surface area contributed by atoms with Gasteiger partial charge in [0.1, 0.15) is 12.0 Å². The van der Waals surface area contributed by atoms with Crippen molar-refractivity contribution in [3.63, 3.8) is 0 Å². The van der Waals surface area contributed by atoms with E-state index in [1.54, 1.807) is 0 Å². The third-order valence-electron chi connectivity index (χ3n) is 2.94. The first-order valence-corrected chi connectivity index (χ1v) is 7.31. The van der Waals surface area contributed by atoms with Gasteiger partial charge in [-0.1, -0.05) is 11.6 Å². The smallest absolute Gasteiger partial charge is 0.289 e. The first-order valence-electron chi connectivity index (χ1n) is 5.78. The van der Waals surface area contributed by atoms with Crippen molar-refractivity contribution in [3.8, 4) is 0 Å². The molecule has 1 aromatic heterocycles. The Hall–Kier alpha value is -1.01. The molecule has 2 heterocycles. The molecule has 0 saturated carbocycles. The van der Waals surface area contributed by atoms with Crippen molar-refractivity contribution in [3.05, 3.63) is 27.4 Å². The van der Waals surface area contributed by atoms with Gasteiger partial charge in [-0.25, -0.2) is 4.98 Å². The zero-order valence-corrected chi connectivity index (χ0v) is 11.3. The molecule has 1 saturated heterocycles. The number of nitrogens with zero attached hydrogens (tertiary/aromatic N) is 2. The van der Waals surface area contributed by atoms with E-state index in [1.165, 1.54) is 36.6 Å². The van der Waals surface area contributed by atoms with Crippen LogP contribution < -0.4 is 5.32 Å². The average molecular weight is 288 g/mol. The monoisotopic (exact) mass is 287 g/mol. The van der Waals surface area contributed by atoms with Crippen LogP contribution in [0.1, 0.15) is 12.8 Å². The van der Waals surface area contributed by atoms with Crippen LogP contribution >= 0.6 is 23.4 Å². The van der Waals surface area contributed by atoms with Crippen LogP contribution in [0.25, 0.3) is 0 Å². The molecule has 0 aromatic carbocycles. The van der Waals surface area contributed by atoms with Crippen molar-refractivity contribution < 1.29 is 4.92 Å². The minimum Gasteiger partial charge on any atom is -0.369 e. The van der Waals surface area contributed by atoms with Crippen LogP contribution in [0, 0.1) is 16.0 Å². The molecule has 5 nitrogen and oxygen atoms in total. The molecule has 1 aromatic rings. The summed E-state index contributed by atoms with van der Waals surface area (Å²) in [4.78, 5) is 14.0. The molecule has 0 bridgehead atoms. The van der Waals surface area contributed by atoms with E-state index in [1.807, 2.05) is 11.8 Å². The predicted molar refractivity (Wildman–Crippen MR) is 74.4 cm³/mol. The highest BCUT2D eigenvalue weighted by molar-refractivity contribution is 7.99. The van der Waals surface area contributed by atoms with E-state index in [-0.39, 0.29) is 5.69 Å². The van der Waals surface area contributed by atoms with E-state index in [9.17, 15) is 10.1 Å². The Morgan fingerprint density at radius 2 is 2.28 bits per heavy atom. The fourth-order valence-corrected chi connectivity index (χ4v) is 3.28. The zero-order chi connectivity index (χ0) is 13.0. The molecule has 0 amide bonds. The number of halogens is 1. The zero-order valence-electron chi connectivity index (χ0n) is 9.76. The molecule has 7 heteroatoms. The van der Waals surface area contributed by atoms with Crippen LogP contribution in [-0.2, 0) is 0 Å². The lowest BCUT2D eigenvalue weighted by Crippen LogP contribution is -2.19. The molecule has 0 spiro atoms. The summed E-state index contributed by atoms with van der Waals surface area (Å²) in [5.74, 6) is 3.57. The molecular formula is C11H14ClN3O2S. The molecule has 2 rings (SSSR count). The molecule has 98 valence electrons. The maximum atomic E-state index is 10.6. The normalized spacial score (nSPS) is 16.5. The van der Waals surface area contributed by atoms with Gasteiger partial charge in [-0.15, -0.1) is 0 Å². The van der Waals surface area contributed by atoms with Gasteiger partial charge in [-0.05, 0) is 30.3 Å². The molecule has 1 aliphatic rings. The van der Waals surface area contributed by atoms with Gasteiger partial charge in [0.15, 0.2) is 0 Å². The number of rotatable bonds is 4. The summed E-state index contributed by atoms with van der Waals surface area (Å²) in [5.41, 5.74) is -0.0837. The number of pyridine rings is 1. The van der Waals surface area contributed by atoms with Gasteiger partial charge in [0.05, 0.1) is 9.95 Å². The number of nitro groups is 1. The van der Waals surface area contributed by atoms with E-state index in [2.05, 4.69) is 10.3 Å². The van der Waals surface area contributed by atoms with Gasteiger partial charge >= 0.3 is 0 Å². The number of anilines is 1. The number of hydrogen-bond acceptors (Lipinski definition) is 5. The summed E-state index contributed by atoms with van der Waals surface area (Å²) in [6.45, 7) is 0.824. The van der Waals surface area contributed by atoms with Crippen molar-refractivity contribution in [2.75, 3.05) is 23.4 Å². The SMILES string of the molecule is O=[N+]([O-])c1cnc(NCC2CCSCC2)c(Cl)c1. The minimum atomic E-state index is -0.499. The van der Waals surface area contributed by atoms with E-state index in [4.69, 9.17) is 11.6 Å². The fourth-order valence-electron chi connectivity index (χ4n) is 1.85. The lowest BCUT2D eigenvalue weighted by molar-refractivity contribution is -0.385. The molecule has 0 unspecified atom stereocenters. The molecule has 1 fully saturated rings. The Kier molecular flexibility index (Phi) is 4.66. The molecule has 0 atom stereocenters. The largest absolute Gasteiger partial charge is 0.369 e. The van der Waals surface area contributed by atoms with E-state index < -0.39 is 4.92 Å². The summed E-state index contributed by atoms with van der Waals surface area (Å²) >= 11 is 7.94. The number of hydrogen-bond donors (Lipinski definition) is 1. The molecule has 18 heavy (non-hydrogen) atoms. The van der Waals surface area contributed by atoms with Crippen LogP contribution in [0.2, 0.25) is 5.02 Å². The van der Waals surface area contributed by atoms with E-state index >= 15 is 0 Å². The van der Waals surface area contributed by atoms with Crippen molar-refractivity contribution in [1.29, 1.82) is 0 Å². The summed E-state index contributed by atoms with van der Waals surface area (Å²) in [5, 5.41) is 14.0. The highest BCUT2D eigenvalue weighted by Crippen LogP contribution is 2.26. The maximum absolute atomic E-state index is 10.6. The summed E-state index contributed by atoms with van der Waals surface area (Å²) < 4.78 is 0. The molecule has 1 aliphatic heterocycles. The maximum Gasteiger partial charge on any atom is 0.289 e. The van der Waals surface area contributed by atoms with Gasteiger partial charge in [0, 0.05) is 12.6 Å². The Labute approximate surface area is 114 Å². The number of thioether (sulfide) groups is 1. The van der Waals surface area contributed by atoms with Crippen LogP contribution in [0.5, 0.6) is 0 Å². The van der Waals surface area contributed by atoms with Crippen LogP contribution in [-0.4, -0.2) is 28.0 Å². The van der Waals surface area contributed by atoms with Crippen LogP contribution in [0.3, 0.4) is 0 Å². The second-order valence-corrected chi connectivity index (χ2v) is 5.85. The van der Waals surface area contributed by atoms with E-state index in [0.717, 1.165) is 6.54 Å². The standard InChI is InChI=1S/C11H14ClN3O2S/c12-10-5-9(15(16)17)7-14-11(10)13-6-8-1-3-18-4-2-8/h5,7-8H,1-4,6H2,(H,13,14). The van der Waals surface area contributed by atoms with Crippen LogP contribution in [0.15, 0.2) is 12.3 Å². The Bertz CT molecular complexity index is 438. The van der Waals surface area contributed by atoms with Gasteiger partial charge in [0.2, 0.25) is 0 Å². The first-order chi connectivity index (χ1) is 8.66. The highest BCUT2D eigenvalue weighted by Gasteiger charge is 2.15. The highest BCUT2D eigenvalue weighted by atomic mass is 35.5. The van der Waals surface area contributed by atoms with Gasteiger partial charge < -0.3 is 5.32 Å². The second kappa shape index (κ2) is 6.24. The second-order valence-electron chi connectivity index (χ2n) is 4.22. The third kappa shape index (κ3) is 3.49. The summed E-state index contributed by atoms with van der Waals surface area (Å²) in [6, 6.07) is 1.33. The van der Waals surface area contributed by atoms with Gasteiger partial charge in [-0.3, -0.25) is 10.1 Å². The van der Waals surface area contributed by atoms with Gasteiger partial charge in [-0.2, -0.15) is 11.8 Å². The third-order valence-corrected chi connectivity index (χ3v) is 4.27. The first kappa shape index (κ1) is 13.4. The average Bonchev–Trinajstić information content (AvgIpc) is 2.38. The predicted octanol–water partition coefficient (Wildman–Crippen LogP) is 3.20. The summed E-state index contributed by atoms with van der Waals surface area (Å²) in [7, 11) is 0. The van der Waals surface area contributed by atoms with Crippen LogP contribution in [0.4, 0.5) is 11.5 Å². The lowest BCUT2D eigenvalue weighted by Gasteiger charge is -2.21. The summed E-state index contributed by atoms with van der Waals surface area (Å²) in [6.07, 6.45) is 3.62. The molecule has 0 aliphatic carbocycles. The quantitative estimate of drug-likeness (QED) is 0.680.